The second kappa shape index (κ2) is 5.28. The molecule has 2 rings (SSSR count). The molecule has 1 aromatic rings. The van der Waals surface area contributed by atoms with Gasteiger partial charge in [-0.2, -0.15) is 13.2 Å². The van der Waals surface area contributed by atoms with Crippen LogP contribution in [0, 0.1) is 5.92 Å². The fraction of sp³-hybridized carbons (Fsp3) is 0.538. The van der Waals surface area contributed by atoms with E-state index in [9.17, 15) is 13.2 Å². The van der Waals surface area contributed by atoms with Gasteiger partial charge in [0.2, 0.25) is 0 Å². The Morgan fingerprint density at radius 3 is 2.50 bits per heavy atom. The van der Waals surface area contributed by atoms with Gasteiger partial charge in [0.1, 0.15) is 0 Å². The van der Waals surface area contributed by atoms with Crippen molar-refractivity contribution in [3.63, 3.8) is 0 Å². The third-order valence-corrected chi connectivity index (χ3v) is 3.42. The Hall–Kier alpha value is -1.07. The van der Waals surface area contributed by atoms with Crippen LogP contribution in [0.15, 0.2) is 30.3 Å². The van der Waals surface area contributed by atoms with Crippen LogP contribution >= 0.6 is 0 Å². The van der Waals surface area contributed by atoms with Gasteiger partial charge in [0, 0.05) is 19.1 Å². The van der Waals surface area contributed by atoms with Gasteiger partial charge in [-0.3, -0.25) is 0 Å². The largest absolute Gasteiger partial charge is 0.393 e. The first-order valence-corrected chi connectivity index (χ1v) is 6.06. The quantitative estimate of drug-likeness (QED) is 0.903. The van der Waals surface area contributed by atoms with E-state index in [4.69, 9.17) is 5.73 Å². The highest BCUT2D eigenvalue weighted by molar-refractivity contribution is 5.18. The smallest absolute Gasteiger partial charge is 0.323 e. The van der Waals surface area contributed by atoms with E-state index in [-0.39, 0.29) is 19.0 Å². The fourth-order valence-corrected chi connectivity index (χ4v) is 2.35. The first-order chi connectivity index (χ1) is 8.47. The van der Waals surface area contributed by atoms with Crippen LogP contribution in [-0.4, -0.2) is 30.7 Å². The number of benzene rings is 1. The predicted octanol–water partition coefficient (Wildman–Crippen LogP) is 2.57. The number of hydrogen-bond donors (Lipinski definition) is 1. The van der Waals surface area contributed by atoms with Crippen molar-refractivity contribution in [3.8, 4) is 0 Å². The van der Waals surface area contributed by atoms with E-state index in [0.717, 1.165) is 5.56 Å². The van der Waals surface area contributed by atoms with Gasteiger partial charge in [-0.1, -0.05) is 30.3 Å². The van der Waals surface area contributed by atoms with Gasteiger partial charge in [0.25, 0.3) is 0 Å². The molecule has 0 spiro atoms. The topological polar surface area (TPSA) is 29.3 Å². The van der Waals surface area contributed by atoms with E-state index in [0.29, 0.717) is 13.1 Å². The van der Waals surface area contributed by atoms with E-state index < -0.39 is 12.1 Å². The van der Waals surface area contributed by atoms with Gasteiger partial charge < -0.3 is 10.6 Å². The molecule has 0 aliphatic carbocycles. The molecule has 1 aromatic carbocycles. The Kier molecular flexibility index (Phi) is 3.92. The highest BCUT2D eigenvalue weighted by atomic mass is 19.4. The van der Waals surface area contributed by atoms with Crippen molar-refractivity contribution in [2.45, 2.75) is 18.6 Å². The molecule has 0 saturated carbocycles. The molecule has 2 nitrogen and oxygen atoms in total. The minimum atomic E-state index is -4.08. The highest BCUT2D eigenvalue weighted by Crippen LogP contribution is 2.33. The third kappa shape index (κ3) is 3.23. The van der Waals surface area contributed by atoms with Gasteiger partial charge in [-0.05, 0) is 18.5 Å². The zero-order valence-electron chi connectivity index (χ0n) is 10.0. The molecular formula is C13H17F3N2. The summed E-state index contributed by atoms with van der Waals surface area (Å²) >= 11 is 0. The number of nitrogens with zero attached hydrogens (tertiary/aromatic N) is 1. The number of halogens is 3. The van der Waals surface area contributed by atoms with E-state index in [1.165, 1.54) is 0 Å². The molecule has 2 atom stereocenters. The second-order valence-corrected chi connectivity index (χ2v) is 4.80. The minimum Gasteiger partial charge on any atom is -0.323 e. The molecule has 0 radical (unpaired) electrons. The molecule has 1 heterocycles. The van der Waals surface area contributed by atoms with E-state index >= 15 is 0 Å². The number of hydrogen-bond acceptors (Lipinski definition) is 2. The lowest BCUT2D eigenvalue weighted by Gasteiger charge is -2.21. The van der Waals surface area contributed by atoms with Crippen molar-refractivity contribution in [3.05, 3.63) is 35.9 Å². The van der Waals surface area contributed by atoms with Crippen LogP contribution in [-0.2, 0) is 0 Å². The van der Waals surface area contributed by atoms with Crippen molar-refractivity contribution >= 4 is 0 Å². The monoisotopic (exact) mass is 258 g/mol. The Morgan fingerprint density at radius 1 is 1.28 bits per heavy atom. The molecule has 0 bridgehead atoms. The van der Waals surface area contributed by atoms with Crippen LogP contribution < -0.4 is 5.73 Å². The first-order valence-electron chi connectivity index (χ1n) is 6.06. The number of rotatable bonds is 3. The van der Waals surface area contributed by atoms with Gasteiger partial charge in [0.15, 0.2) is 0 Å². The van der Waals surface area contributed by atoms with Crippen LogP contribution in [0.4, 0.5) is 13.2 Å². The maximum absolute atomic E-state index is 12.5. The Bertz CT molecular complexity index is 378. The summed E-state index contributed by atoms with van der Waals surface area (Å²) in [6, 6.07) is 9.25. The molecule has 1 aliphatic heterocycles. The average Bonchev–Trinajstić information content (AvgIpc) is 2.78. The molecule has 0 amide bonds. The van der Waals surface area contributed by atoms with Crippen molar-refractivity contribution in [2.24, 2.45) is 11.7 Å². The predicted molar refractivity (Wildman–Crippen MR) is 64.0 cm³/mol. The lowest BCUT2D eigenvalue weighted by Crippen LogP contribution is -2.32. The Labute approximate surface area is 105 Å². The lowest BCUT2D eigenvalue weighted by molar-refractivity contribution is -0.170. The molecule has 1 aliphatic rings. The van der Waals surface area contributed by atoms with Crippen molar-refractivity contribution in [2.75, 3.05) is 19.6 Å². The van der Waals surface area contributed by atoms with Crippen molar-refractivity contribution in [1.29, 1.82) is 0 Å². The van der Waals surface area contributed by atoms with Crippen molar-refractivity contribution < 1.29 is 13.2 Å². The van der Waals surface area contributed by atoms with E-state index in [1.807, 2.05) is 30.3 Å². The zero-order chi connectivity index (χ0) is 13.2. The Balaban J connectivity index is 1.89. The summed E-state index contributed by atoms with van der Waals surface area (Å²) in [5.41, 5.74) is 6.97. The first kappa shape index (κ1) is 13.4. The van der Waals surface area contributed by atoms with Crippen LogP contribution in [0.3, 0.4) is 0 Å². The fourth-order valence-electron chi connectivity index (χ4n) is 2.35. The van der Waals surface area contributed by atoms with Crippen LogP contribution in [0.25, 0.3) is 0 Å². The van der Waals surface area contributed by atoms with Gasteiger partial charge >= 0.3 is 6.18 Å². The molecule has 2 N–H and O–H groups in total. The summed E-state index contributed by atoms with van der Waals surface area (Å²) in [7, 11) is 0. The maximum Gasteiger partial charge on any atom is 0.393 e. The van der Waals surface area contributed by atoms with Crippen LogP contribution in [0.2, 0.25) is 0 Å². The summed E-state index contributed by atoms with van der Waals surface area (Å²) in [4.78, 5) is 1.80. The van der Waals surface area contributed by atoms with Gasteiger partial charge in [-0.15, -0.1) is 0 Å². The summed E-state index contributed by atoms with van der Waals surface area (Å²) in [6.07, 6.45) is -3.89. The van der Waals surface area contributed by atoms with Crippen molar-refractivity contribution in [1.82, 2.24) is 4.90 Å². The molecule has 1 unspecified atom stereocenters. The summed E-state index contributed by atoms with van der Waals surface area (Å²) in [6.45, 7) is 1.03. The molecule has 18 heavy (non-hydrogen) atoms. The van der Waals surface area contributed by atoms with Gasteiger partial charge in [0.05, 0.1) is 5.92 Å². The van der Waals surface area contributed by atoms with E-state index in [1.54, 1.807) is 4.90 Å². The summed E-state index contributed by atoms with van der Waals surface area (Å²) in [5, 5.41) is 0. The summed E-state index contributed by atoms with van der Waals surface area (Å²) < 4.78 is 37.6. The standard InChI is InChI=1S/C13H17F3N2/c14-13(15,16)11-6-7-18(8-11)9-12(17)10-4-2-1-3-5-10/h1-5,11-12H,6-9,17H2/t11?,12-/m0/s1. The molecule has 5 heteroatoms. The van der Waals surface area contributed by atoms with E-state index in [2.05, 4.69) is 0 Å². The molecule has 1 saturated heterocycles. The Morgan fingerprint density at radius 2 is 1.94 bits per heavy atom. The lowest BCUT2D eigenvalue weighted by atomic mass is 10.1. The number of alkyl halides is 3. The number of nitrogens with two attached hydrogens (primary N) is 1. The molecular weight excluding hydrogens is 241 g/mol. The third-order valence-electron chi connectivity index (χ3n) is 3.42. The molecule has 0 aromatic heterocycles. The van der Waals surface area contributed by atoms with Crippen LogP contribution in [0.1, 0.15) is 18.0 Å². The minimum absolute atomic E-state index is 0.0734. The zero-order valence-corrected chi connectivity index (χ0v) is 10.0. The maximum atomic E-state index is 12.5. The molecule has 1 fully saturated rings. The highest BCUT2D eigenvalue weighted by Gasteiger charge is 2.43. The van der Waals surface area contributed by atoms with Crippen LogP contribution in [0.5, 0.6) is 0 Å². The average molecular weight is 258 g/mol. The second-order valence-electron chi connectivity index (χ2n) is 4.80. The molecule has 100 valence electrons. The normalized spacial score (nSPS) is 23.2. The summed E-state index contributed by atoms with van der Waals surface area (Å²) in [5.74, 6) is -1.19. The number of likely N-dealkylation sites (tertiary alicyclic amines) is 1. The SMILES string of the molecule is N[C@@H](CN1CCC(C(F)(F)F)C1)c1ccccc1. The van der Waals surface area contributed by atoms with Gasteiger partial charge in [-0.25, -0.2) is 0 Å².